The fraction of sp³-hybridized carbons (Fsp3) is 0.364. The lowest BCUT2D eigenvalue weighted by Gasteiger charge is -2.29. The van der Waals surface area contributed by atoms with Gasteiger partial charge in [-0.2, -0.15) is 0 Å². The van der Waals surface area contributed by atoms with Crippen molar-refractivity contribution < 1.29 is 23.1 Å². The molecule has 0 bridgehead atoms. The molecule has 1 aliphatic heterocycles. The zero-order chi connectivity index (χ0) is 21.7. The van der Waals surface area contributed by atoms with Crippen LogP contribution in [0.3, 0.4) is 0 Å². The average molecular weight is 417 g/mol. The van der Waals surface area contributed by atoms with Crippen LogP contribution in [0.1, 0.15) is 24.2 Å². The quantitative estimate of drug-likeness (QED) is 0.757. The van der Waals surface area contributed by atoms with Crippen molar-refractivity contribution in [2.75, 3.05) is 36.5 Å². The summed E-state index contributed by atoms with van der Waals surface area (Å²) < 4.78 is 33.7. The summed E-state index contributed by atoms with van der Waals surface area (Å²) in [5, 5.41) is 5.20. The lowest BCUT2D eigenvalue weighted by Crippen LogP contribution is -2.47. The van der Waals surface area contributed by atoms with Crippen molar-refractivity contribution in [1.29, 1.82) is 0 Å². The number of nitrogens with one attached hydrogen (secondary N) is 2. The van der Waals surface area contributed by atoms with Gasteiger partial charge in [-0.05, 0) is 36.2 Å². The molecule has 0 spiro atoms. The van der Waals surface area contributed by atoms with Crippen LogP contribution in [0.2, 0.25) is 0 Å². The summed E-state index contributed by atoms with van der Waals surface area (Å²) >= 11 is 0. The number of morpholine rings is 1. The summed E-state index contributed by atoms with van der Waals surface area (Å²) in [7, 11) is 0. The Morgan fingerprint density at radius 3 is 2.37 bits per heavy atom. The topological polar surface area (TPSA) is 70.7 Å². The molecule has 8 heteroatoms. The molecule has 1 aliphatic rings. The molecular weight excluding hydrogens is 392 g/mol. The van der Waals surface area contributed by atoms with Crippen molar-refractivity contribution in [2.24, 2.45) is 5.92 Å². The van der Waals surface area contributed by atoms with E-state index in [1.54, 1.807) is 32.0 Å². The van der Waals surface area contributed by atoms with Gasteiger partial charge < -0.3 is 20.3 Å². The van der Waals surface area contributed by atoms with Gasteiger partial charge in [-0.15, -0.1) is 0 Å². The minimum atomic E-state index is -0.918. The smallest absolute Gasteiger partial charge is 0.254 e. The first kappa shape index (κ1) is 21.7. The molecule has 0 aromatic heterocycles. The molecule has 3 rings (SSSR count). The highest BCUT2D eigenvalue weighted by Crippen LogP contribution is 2.24. The number of halogens is 2. The highest BCUT2D eigenvalue weighted by molar-refractivity contribution is 6.01. The number of hydrogen-bond donors (Lipinski definition) is 2. The number of rotatable bonds is 6. The first-order valence-corrected chi connectivity index (χ1v) is 9.85. The summed E-state index contributed by atoms with van der Waals surface area (Å²) in [4.78, 5) is 27.0. The second kappa shape index (κ2) is 9.67. The maximum absolute atomic E-state index is 14.6. The Labute approximate surface area is 174 Å². The number of carbonyl (C=O) groups excluding carboxylic acids is 2. The van der Waals surface area contributed by atoms with E-state index in [0.29, 0.717) is 32.0 Å². The second-order valence-electron chi connectivity index (χ2n) is 7.43. The number of carbonyl (C=O) groups is 2. The molecule has 1 heterocycles. The second-order valence-corrected chi connectivity index (χ2v) is 7.43. The third kappa shape index (κ3) is 5.13. The van der Waals surface area contributed by atoms with Crippen molar-refractivity contribution in [3.05, 3.63) is 59.7 Å². The third-order valence-corrected chi connectivity index (χ3v) is 4.92. The van der Waals surface area contributed by atoms with Crippen LogP contribution < -0.4 is 15.5 Å². The predicted octanol–water partition coefficient (Wildman–Crippen LogP) is 3.19. The lowest BCUT2D eigenvalue weighted by molar-refractivity contribution is -0.118. The Morgan fingerprint density at radius 2 is 1.73 bits per heavy atom. The van der Waals surface area contributed by atoms with Gasteiger partial charge in [0, 0.05) is 18.8 Å². The Balaban J connectivity index is 1.69. The highest BCUT2D eigenvalue weighted by Gasteiger charge is 2.26. The van der Waals surface area contributed by atoms with Gasteiger partial charge in [0.25, 0.3) is 5.91 Å². The Kier molecular flexibility index (Phi) is 6.99. The number of anilines is 2. The van der Waals surface area contributed by atoms with Crippen LogP contribution in [0, 0.1) is 17.6 Å². The number of ether oxygens (including phenoxy) is 1. The first-order chi connectivity index (χ1) is 14.4. The Morgan fingerprint density at radius 1 is 1.03 bits per heavy atom. The molecule has 0 aliphatic carbocycles. The minimum Gasteiger partial charge on any atom is -0.378 e. The molecule has 2 amide bonds. The molecule has 2 aromatic rings. The van der Waals surface area contributed by atoms with Crippen LogP contribution in [0.15, 0.2) is 42.5 Å². The minimum absolute atomic E-state index is 0.142. The van der Waals surface area contributed by atoms with E-state index in [9.17, 15) is 18.4 Å². The van der Waals surface area contributed by atoms with Crippen molar-refractivity contribution >= 4 is 23.2 Å². The molecule has 0 radical (unpaired) electrons. The van der Waals surface area contributed by atoms with Gasteiger partial charge in [-0.25, -0.2) is 8.78 Å². The Hall–Kier alpha value is -3.00. The fourth-order valence-electron chi connectivity index (χ4n) is 3.26. The predicted molar refractivity (Wildman–Crippen MR) is 111 cm³/mol. The molecule has 0 saturated carbocycles. The molecule has 30 heavy (non-hydrogen) atoms. The van der Waals surface area contributed by atoms with E-state index in [1.165, 1.54) is 24.3 Å². The maximum atomic E-state index is 14.6. The van der Waals surface area contributed by atoms with E-state index in [1.807, 2.05) is 4.90 Å². The fourth-order valence-corrected chi connectivity index (χ4v) is 3.26. The van der Waals surface area contributed by atoms with E-state index >= 15 is 0 Å². The van der Waals surface area contributed by atoms with Crippen LogP contribution in [0.25, 0.3) is 0 Å². The molecule has 2 N–H and O–H groups in total. The van der Waals surface area contributed by atoms with E-state index in [0.717, 1.165) is 0 Å². The molecule has 1 saturated heterocycles. The Bertz CT molecular complexity index is 914. The summed E-state index contributed by atoms with van der Waals surface area (Å²) in [6.07, 6.45) is 0. The van der Waals surface area contributed by atoms with Crippen molar-refractivity contribution in [1.82, 2.24) is 5.32 Å². The SMILES string of the molecule is CC(C)C(NC(=O)c1ccccc1F)C(=O)Nc1ccc(N2CCOCC2)c(F)c1. The maximum Gasteiger partial charge on any atom is 0.254 e. The van der Waals surface area contributed by atoms with Crippen molar-refractivity contribution in [3.8, 4) is 0 Å². The van der Waals surface area contributed by atoms with Crippen molar-refractivity contribution in [3.63, 3.8) is 0 Å². The van der Waals surface area contributed by atoms with Crippen molar-refractivity contribution in [2.45, 2.75) is 19.9 Å². The van der Waals surface area contributed by atoms with Gasteiger partial charge in [-0.3, -0.25) is 9.59 Å². The zero-order valence-electron chi connectivity index (χ0n) is 17.0. The van der Waals surface area contributed by atoms with Gasteiger partial charge in [0.05, 0.1) is 24.5 Å². The van der Waals surface area contributed by atoms with Gasteiger partial charge >= 0.3 is 0 Å². The summed E-state index contributed by atoms with van der Waals surface area (Å²) in [5.74, 6) is -2.58. The number of benzene rings is 2. The van der Waals surface area contributed by atoms with Crippen LogP contribution in [0.5, 0.6) is 0 Å². The summed E-state index contributed by atoms with van der Waals surface area (Å²) in [6.45, 7) is 5.79. The van der Waals surface area contributed by atoms with Gasteiger partial charge in [0.1, 0.15) is 17.7 Å². The lowest BCUT2D eigenvalue weighted by atomic mass is 10.0. The first-order valence-electron chi connectivity index (χ1n) is 9.85. The van der Waals surface area contributed by atoms with Crippen LogP contribution in [-0.2, 0) is 9.53 Å². The number of amides is 2. The summed E-state index contributed by atoms with van der Waals surface area (Å²) in [6, 6.07) is 9.10. The van der Waals surface area contributed by atoms with E-state index in [4.69, 9.17) is 4.74 Å². The largest absolute Gasteiger partial charge is 0.378 e. The van der Waals surface area contributed by atoms with Gasteiger partial charge in [0.2, 0.25) is 5.91 Å². The normalized spacial score (nSPS) is 15.0. The monoisotopic (exact) mass is 417 g/mol. The van der Waals surface area contributed by atoms with Gasteiger partial charge in [0.15, 0.2) is 0 Å². The van der Waals surface area contributed by atoms with E-state index in [-0.39, 0.29) is 17.2 Å². The third-order valence-electron chi connectivity index (χ3n) is 4.92. The van der Waals surface area contributed by atoms with Gasteiger partial charge in [-0.1, -0.05) is 26.0 Å². The molecule has 1 unspecified atom stereocenters. The van der Waals surface area contributed by atoms with Crippen LogP contribution >= 0.6 is 0 Å². The molecule has 1 atom stereocenters. The molecule has 160 valence electrons. The average Bonchev–Trinajstić information content (AvgIpc) is 2.72. The molecular formula is C22H25F2N3O3. The molecule has 6 nitrogen and oxygen atoms in total. The standard InChI is InChI=1S/C22H25F2N3O3/c1-14(2)20(26-21(28)16-5-3-4-6-17(16)23)22(29)25-15-7-8-19(18(24)13-15)27-9-11-30-12-10-27/h3-8,13-14,20H,9-12H2,1-2H3,(H,25,29)(H,26,28). The van der Waals surface area contributed by atoms with E-state index in [2.05, 4.69) is 10.6 Å². The molecule has 1 fully saturated rings. The zero-order valence-corrected chi connectivity index (χ0v) is 17.0. The van der Waals surface area contributed by atoms with Crippen LogP contribution in [-0.4, -0.2) is 44.2 Å². The highest BCUT2D eigenvalue weighted by atomic mass is 19.1. The number of hydrogen-bond acceptors (Lipinski definition) is 4. The summed E-state index contributed by atoms with van der Waals surface area (Å²) in [5.41, 5.74) is 0.585. The van der Waals surface area contributed by atoms with Crippen LogP contribution in [0.4, 0.5) is 20.2 Å². The molecule has 2 aromatic carbocycles. The van der Waals surface area contributed by atoms with E-state index < -0.39 is 29.5 Å². The number of nitrogens with zero attached hydrogens (tertiary/aromatic N) is 1.